The molecule has 0 unspecified atom stereocenters. The summed E-state index contributed by atoms with van der Waals surface area (Å²) in [6.45, 7) is 3.53. The largest absolute Gasteiger partial charge is 0.459 e. The van der Waals surface area contributed by atoms with Crippen LogP contribution in [0.4, 0.5) is 5.82 Å². The van der Waals surface area contributed by atoms with Crippen molar-refractivity contribution in [2.24, 2.45) is 0 Å². The number of anilines is 1. The maximum absolute atomic E-state index is 12.5. The Morgan fingerprint density at radius 1 is 1.13 bits per heavy atom. The van der Waals surface area contributed by atoms with Crippen LogP contribution in [-0.2, 0) is 0 Å². The third kappa shape index (κ3) is 3.45. The molecule has 7 heteroatoms. The quantitative estimate of drug-likeness (QED) is 0.506. The van der Waals surface area contributed by atoms with Crippen LogP contribution in [0.5, 0.6) is 0 Å². The second-order valence-electron chi connectivity index (χ2n) is 7.51. The van der Waals surface area contributed by atoms with Gasteiger partial charge in [-0.25, -0.2) is 9.97 Å². The van der Waals surface area contributed by atoms with E-state index in [1.165, 1.54) is 22.3 Å². The Hall–Kier alpha value is -3.19. The lowest BCUT2D eigenvalue weighted by molar-refractivity contribution is 0.0686. The van der Waals surface area contributed by atoms with Crippen LogP contribution < -0.4 is 5.32 Å². The van der Waals surface area contributed by atoms with Gasteiger partial charge >= 0.3 is 0 Å². The molecule has 1 fully saturated rings. The minimum atomic E-state index is -0.0379. The molecular weight excluding hydrogens is 396 g/mol. The fourth-order valence-electron chi connectivity index (χ4n) is 4.02. The predicted molar refractivity (Wildman–Crippen MR) is 119 cm³/mol. The number of nitrogens with zero attached hydrogens (tertiary/aromatic N) is 3. The van der Waals surface area contributed by atoms with E-state index < -0.39 is 0 Å². The number of benzene rings is 1. The average molecular weight is 419 g/mol. The Morgan fingerprint density at radius 3 is 2.67 bits per heavy atom. The lowest BCUT2D eigenvalue weighted by atomic mass is 10.0. The maximum atomic E-state index is 12.5. The van der Waals surface area contributed by atoms with E-state index >= 15 is 0 Å². The molecule has 6 nitrogen and oxygen atoms in total. The lowest BCUT2D eigenvalue weighted by Gasteiger charge is -2.32. The van der Waals surface area contributed by atoms with Gasteiger partial charge in [0.05, 0.1) is 11.6 Å². The van der Waals surface area contributed by atoms with Gasteiger partial charge in [0.25, 0.3) is 5.91 Å². The lowest BCUT2D eigenvalue weighted by Crippen LogP contribution is -2.42. The van der Waals surface area contributed by atoms with E-state index in [-0.39, 0.29) is 11.9 Å². The summed E-state index contributed by atoms with van der Waals surface area (Å²) in [6, 6.07) is 14.1. The molecule has 0 bridgehead atoms. The number of hydrogen-bond acceptors (Lipinski definition) is 6. The number of furan rings is 1. The van der Waals surface area contributed by atoms with Gasteiger partial charge in [0.1, 0.15) is 17.0 Å². The zero-order valence-corrected chi connectivity index (χ0v) is 17.5. The summed E-state index contributed by atoms with van der Waals surface area (Å²) in [5.41, 5.74) is 2.41. The molecule has 1 N–H and O–H groups in total. The van der Waals surface area contributed by atoms with Crippen molar-refractivity contribution in [1.29, 1.82) is 0 Å². The van der Waals surface area contributed by atoms with Crippen molar-refractivity contribution >= 4 is 33.3 Å². The highest BCUT2D eigenvalue weighted by atomic mass is 32.1. The fraction of sp³-hybridized carbons (Fsp3) is 0.261. The van der Waals surface area contributed by atoms with E-state index in [9.17, 15) is 4.79 Å². The smallest absolute Gasteiger partial charge is 0.289 e. The van der Waals surface area contributed by atoms with Crippen LogP contribution in [0.2, 0.25) is 0 Å². The highest BCUT2D eigenvalue weighted by molar-refractivity contribution is 7.22. The third-order valence-corrected chi connectivity index (χ3v) is 6.87. The first kappa shape index (κ1) is 18.8. The number of aryl methyl sites for hydroxylation is 1. The number of thiophene rings is 1. The number of hydrogen-bond donors (Lipinski definition) is 1. The number of rotatable bonds is 4. The standard InChI is InChI=1S/C23H22N4O2S/c1-15-19-21(24-14-25-22(19)30-20(15)16-6-3-2-4-7-16)26-17-9-11-27(12-10-17)23(28)18-8-5-13-29-18/h2-8,13-14,17H,9-12H2,1H3,(H,24,25,26). The molecule has 152 valence electrons. The number of fused-ring (bicyclic) bond motifs is 1. The summed E-state index contributed by atoms with van der Waals surface area (Å²) < 4.78 is 5.25. The number of nitrogens with one attached hydrogen (secondary N) is 1. The molecule has 0 saturated carbocycles. The number of likely N-dealkylation sites (tertiary alicyclic amines) is 1. The maximum Gasteiger partial charge on any atom is 0.289 e. The molecule has 0 radical (unpaired) electrons. The first-order valence-corrected chi connectivity index (χ1v) is 10.9. The SMILES string of the molecule is Cc1c(-c2ccccc2)sc2ncnc(NC3CCN(C(=O)c4ccco4)CC3)c12. The van der Waals surface area contributed by atoms with Gasteiger partial charge in [-0.05, 0) is 43.0 Å². The number of carbonyl (C=O) groups excluding carboxylic acids is 1. The van der Waals surface area contributed by atoms with Crippen LogP contribution in [0.15, 0.2) is 59.5 Å². The summed E-state index contributed by atoms with van der Waals surface area (Å²) in [4.78, 5) is 25.6. The number of piperidine rings is 1. The van der Waals surface area contributed by atoms with Crippen molar-refractivity contribution < 1.29 is 9.21 Å². The predicted octanol–water partition coefficient (Wildman–Crippen LogP) is 4.98. The molecule has 4 heterocycles. The molecule has 3 aromatic heterocycles. The normalized spacial score (nSPS) is 14.9. The zero-order chi connectivity index (χ0) is 20.5. The molecule has 1 aliphatic rings. The molecule has 1 aromatic carbocycles. The van der Waals surface area contributed by atoms with Gasteiger partial charge in [-0.3, -0.25) is 4.79 Å². The van der Waals surface area contributed by atoms with Gasteiger partial charge in [-0.2, -0.15) is 0 Å². The van der Waals surface area contributed by atoms with Crippen molar-refractivity contribution in [3.8, 4) is 10.4 Å². The summed E-state index contributed by atoms with van der Waals surface area (Å²) in [6.07, 6.45) is 4.90. The Kier molecular flexibility index (Phi) is 4.96. The molecule has 30 heavy (non-hydrogen) atoms. The third-order valence-electron chi connectivity index (χ3n) is 5.62. The number of carbonyl (C=O) groups is 1. The van der Waals surface area contributed by atoms with E-state index in [1.54, 1.807) is 29.8 Å². The minimum Gasteiger partial charge on any atom is -0.459 e. The monoisotopic (exact) mass is 418 g/mol. The van der Waals surface area contributed by atoms with Gasteiger partial charge in [0.15, 0.2) is 5.76 Å². The van der Waals surface area contributed by atoms with Gasteiger partial charge in [0.2, 0.25) is 0 Å². The fourth-order valence-corrected chi connectivity index (χ4v) is 5.18. The van der Waals surface area contributed by atoms with Crippen molar-refractivity contribution in [2.75, 3.05) is 18.4 Å². The molecule has 1 amide bonds. The van der Waals surface area contributed by atoms with E-state index in [4.69, 9.17) is 4.42 Å². The molecule has 0 spiro atoms. The molecule has 5 rings (SSSR count). The molecule has 4 aromatic rings. The first-order chi connectivity index (χ1) is 14.7. The first-order valence-electron chi connectivity index (χ1n) is 10.1. The van der Waals surface area contributed by atoms with E-state index in [0.29, 0.717) is 18.8 Å². The van der Waals surface area contributed by atoms with E-state index in [1.807, 2.05) is 11.0 Å². The topological polar surface area (TPSA) is 71.3 Å². The summed E-state index contributed by atoms with van der Waals surface area (Å²) in [7, 11) is 0. The van der Waals surface area contributed by atoms with Crippen LogP contribution in [0.25, 0.3) is 20.7 Å². The van der Waals surface area contributed by atoms with E-state index in [2.05, 4.69) is 46.5 Å². The minimum absolute atomic E-state index is 0.0379. The van der Waals surface area contributed by atoms with Crippen molar-refractivity contribution in [3.63, 3.8) is 0 Å². The Labute approximate surface area is 178 Å². The highest BCUT2D eigenvalue weighted by Gasteiger charge is 2.26. The Morgan fingerprint density at radius 2 is 1.93 bits per heavy atom. The Balaban J connectivity index is 1.34. The van der Waals surface area contributed by atoms with Gasteiger partial charge in [-0.1, -0.05) is 30.3 Å². The average Bonchev–Trinajstić information content (AvgIpc) is 3.44. The van der Waals surface area contributed by atoms with Crippen LogP contribution >= 0.6 is 11.3 Å². The molecule has 0 atom stereocenters. The van der Waals surface area contributed by atoms with Crippen LogP contribution in [0.1, 0.15) is 29.0 Å². The van der Waals surface area contributed by atoms with Crippen molar-refractivity contribution in [2.45, 2.75) is 25.8 Å². The number of aromatic nitrogens is 2. The molecule has 1 saturated heterocycles. The highest BCUT2D eigenvalue weighted by Crippen LogP contribution is 2.39. The number of amides is 1. The van der Waals surface area contributed by atoms with Gasteiger partial charge in [-0.15, -0.1) is 11.3 Å². The van der Waals surface area contributed by atoms with Gasteiger partial charge in [0, 0.05) is 24.0 Å². The van der Waals surface area contributed by atoms with Crippen LogP contribution in [0, 0.1) is 6.92 Å². The van der Waals surface area contributed by atoms with Gasteiger partial charge < -0.3 is 14.6 Å². The summed E-state index contributed by atoms with van der Waals surface area (Å²) >= 11 is 1.70. The molecular formula is C23H22N4O2S. The van der Waals surface area contributed by atoms with E-state index in [0.717, 1.165) is 28.9 Å². The zero-order valence-electron chi connectivity index (χ0n) is 16.7. The summed E-state index contributed by atoms with van der Waals surface area (Å²) in [5.74, 6) is 1.25. The van der Waals surface area contributed by atoms with Crippen LogP contribution in [0.3, 0.4) is 0 Å². The second-order valence-corrected chi connectivity index (χ2v) is 8.51. The molecule has 0 aliphatic carbocycles. The van der Waals surface area contributed by atoms with Crippen molar-refractivity contribution in [1.82, 2.24) is 14.9 Å². The summed E-state index contributed by atoms with van der Waals surface area (Å²) in [5, 5.41) is 4.71. The van der Waals surface area contributed by atoms with Crippen molar-refractivity contribution in [3.05, 3.63) is 66.4 Å². The Bertz CT molecular complexity index is 1160. The second kappa shape index (κ2) is 7.91. The van der Waals surface area contributed by atoms with Crippen LogP contribution in [-0.4, -0.2) is 39.9 Å². The molecule has 1 aliphatic heterocycles.